The van der Waals surface area contributed by atoms with Crippen LogP contribution in [0.5, 0.6) is 0 Å². The molecule has 0 fully saturated rings. The molecule has 0 bridgehead atoms. The fourth-order valence-corrected chi connectivity index (χ4v) is 3.96. The standard InChI is InChI=1S/C13H16N2O2S/c16-18(17)8-6-11(9-18)15-12-5-1-3-10-4-2-7-14-13(10)12/h2,4,6-8,11-12,15H,1,3,5,9H2. The highest BCUT2D eigenvalue weighted by Crippen LogP contribution is 2.28. The minimum absolute atomic E-state index is 0.0760. The van der Waals surface area contributed by atoms with Crippen LogP contribution in [0.4, 0.5) is 0 Å². The SMILES string of the molecule is O=S1(=O)C=CC(NC2CCCc3cccnc32)C1. The van der Waals surface area contributed by atoms with Gasteiger partial charge in [-0.1, -0.05) is 12.1 Å². The lowest BCUT2D eigenvalue weighted by Crippen LogP contribution is -2.35. The van der Waals surface area contributed by atoms with E-state index < -0.39 is 9.84 Å². The Balaban J connectivity index is 1.78. The first kappa shape index (κ1) is 11.9. The second-order valence-electron chi connectivity index (χ2n) is 4.92. The van der Waals surface area contributed by atoms with Crippen molar-refractivity contribution in [2.75, 3.05) is 5.75 Å². The summed E-state index contributed by atoms with van der Waals surface area (Å²) in [5.74, 6) is 0.172. The van der Waals surface area contributed by atoms with Gasteiger partial charge >= 0.3 is 0 Å². The normalized spacial score (nSPS) is 29.1. The molecule has 2 heterocycles. The molecule has 0 radical (unpaired) electrons. The molecule has 4 nitrogen and oxygen atoms in total. The van der Waals surface area contributed by atoms with E-state index in [1.165, 1.54) is 11.0 Å². The van der Waals surface area contributed by atoms with Crippen LogP contribution in [0.3, 0.4) is 0 Å². The molecule has 1 aromatic heterocycles. The third kappa shape index (κ3) is 2.33. The summed E-state index contributed by atoms with van der Waals surface area (Å²) in [7, 11) is -2.99. The average Bonchev–Trinajstić information content (AvgIpc) is 2.69. The lowest BCUT2D eigenvalue weighted by Gasteiger charge is -2.27. The summed E-state index contributed by atoms with van der Waals surface area (Å²) >= 11 is 0. The van der Waals surface area contributed by atoms with Gasteiger partial charge in [0.1, 0.15) is 0 Å². The number of nitrogens with one attached hydrogen (secondary N) is 1. The van der Waals surface area contributed by atoms with Gasteiger partial charge in [0.2, 0.25) is 0 Å². The summed E-state index contributed by atoms with van der Waals surface area (Å²) in [6.45, 7) is 0. The second kappa shape index (κ2) is 4.48. The average molecular weight is 264 g/mol. The van der Waals surface area contributed by atoms with E-state index in [2.05, 4.69) is 16.4 Å². The highest BCUT2D eigenvalue weighted by Gasteiger charge is 2.27. The molecule has 1 aromatic rings. The number of pyridine rings is 1. The van der Waals surface area contributed by atoms with Crippen molar-refractivity contribution in [3.8, 4) is 0 Å². The number of sulfone groups is 1. The van der Waals surface area contributed by atoms with E-state index in [0.717, 1.165) is 25.0 Å². The van der Waals surface area contributed by atoms with Crippen molar-refractivity contribution < 1.29 is 8.42 Å². The zero-order valence-electron chi connectivity index (χ0n) is 10.0. The Hall–Kier alpha value is -1.20. The number of nitrogens with zero attached hydrogens (tertiary/aromatic N) is 1. The molecule has 96 valence electrons. The van der Waals surface area contributed by atoms with Gasteiger partial charge in [-0.25, -0.2) is 8.42 Å². The zero-order valence-corrected chi connectivity index (χ0v) is 10.9. The molecule has 0 saturated heterocycles. The molecule has 0 saturated carbocycles. The van der Waals surface area contributed by atoms with Crippen LogP contribution in [0.15, 0.2) is 29.8 Å². The van der Waals surface area contributed by atoms with Crippen LogP contribution in [-0.2, 0) is 16.3 Å². The number of rotatable bonds is 2. The van der Waals surface area contributed by atoms with Crippen LogP contribution in [0.25, 0.3) is 0 Å². The number of aromatic nitrogens is 1. The summed E-state index contributed by atoms with van der Waals surface area (Å²) in [5, 5.41) is 4.71. The van der Waals surface area contributed by atoms with E-state index >= 15 is 0 Å². The predicted molar refractivity (Wildman–Crippen MR) is 69.8 cm³/mol. The fraction of sp³-hybridized carbons (Fsp3) is 0.462. The fourth-order valence-electron chi connectivity index (χ4n) is 2.71. The van der Waals surface area contributed by atoms with Crippen molar-refractivity contribution in [1.29, 1.82) is 0 Å². The van der Waals surface area contributed by atoms with E-state index in [1.54, 1.807) is 12.3 Å². The van der Waals surface area contributed by atoms with Crippen LogP contribution < -0.4 is 5.32 Å². The van der Waals surface area contributed by atoms with Gasteiger partial charge in [-0.05, 0) is 30.9 Å². The first-order chi connectivity index (χ1) is 8.64. The Labute approximate surface area is 107 Å². The summed E-state index contributed by atoms with van der Waals surface area (Å²) in [6, 6.07) is 4.17. The monoisotopic (exact) mass is 264 g/mol. The Bertz CT molecular complexity index is 580. The van der Waals surface area contributed by atoms with Crippen LogP contribution in [0.2, 0.25) is 0 Å². The van der Waals surface area contributed by atoms with Crippen LogP contribution >= 0.6 is 0 Å². The number of hydrogen-bond acceptors (Lipinski definition) is 4. The van der Waals surface area contributed by atoms with Gasteiger partial charge in [0.05, 0.1) is 17.5 Å². The minimum Gasteiger partial charge on any atom is -0.301 e. The van der Waals surface area contributed by atoms with E-state index in [1.807, 2.05) is 6.07 Å². The van der Waals surface area contributed by atoms with Crippen LogP contribution in [0, 0.1) is 0 Å². The zero-order chi connectivity index (χ0) is 12.6. The van der Waals surface area contributed by atoms with E-state index in [4.69, 9.17) is 0 Å². The molecule has 2 aliphatic rings. The lowest BCUT2D eigenvalue weighted by atomic mass is 9.91. The largest absolute Gasteiger partial charge is 0.301 e. The van der Waals surface area contributed by atoms with Crippen molar-refractivity contribution in [2.45, 2.75) is 31.3 Å². The molecule has 2 unspecified atom stereocenters. The highest BCUT2D eigenvalue weighted by molar-refractivity contribution is 7.94. The Morgan fingerprint density at radius 2 is 2.28 bits per heavy atom. The molecule has 18 heavy (non-hydrogen) atoms. The van der Waals surface area contributed by atoms with Gasteiger partial charge in [0.15, 0.2) is 9.84 Å². The van der Waals surface area contributed by atoms with Gasteiger partial charge in [0.25, 0.3) is 0 Å². The first-order valence-electron chi connectivity index (χ1n) is 6.25. The van der Waals surface area contributed by atoms with Crippen molar-refractivity contribution in [3.05, 3.63) is 41.1 Å². The Morgan fingerprint density at radius 1 is 1.39 bits per heavy atom. The maximum Gasteiger partial charge on any atom is 0.173 e. The molecular weight excluding hydrogens is 248 g/mol. The summed E-state index contributed by atoms with van der Waals surface area (Å²) in [4.78, 5) is 4.44. The van der Waals surface area contributed by atoms with E-state index in [9.17, 15) is 8.42 Å². The lowest BCUT2D eigenvalue weighted by molar-refractivity contribution is 0.431. The topological polar surface area (TPSA) is 59.1 Å². The van der Waals surface area contributed by atoms with E-state index in [0.29, 0.717) is 0 Å². The van der Waals surface area contributed by atoms with Crippen LogP contribution in [-0.4, -0.2) is 25.2 Å². The van der Waals surface area contributed by atoms with E-state index in [-0.39, 0.29) is 17.8 Å². The van der Waals surface area contributed by atoms with Crippen LogP contribution in [0.1, 0.15) is 30.1 Å². The van der Waals surface area contributed by atoms with Gasteiger partial charge < -0.3 is 5.32 Å². The molecule has 2 atom stereocenters. The molecule has 0 spiro atoms. The summed E-state index contributed by atoms with van der Waals surface area (Å²) < 4.78 is 22.8. The third-order valence-corrected chi connectivity index (χ3v) is 4.94. The van der Waals surface area contributed by atoms with Gasteiger partial charge in [-0.3, -0.25) is 4.98 Å². The maximum absolute atomic E-state index is 11.4. The number of aryl methyl sites for hydroxylation is 1. The van der Waals surface area contributed by atoms with Gasteiger partial charge in [-0.15, -0.1) is 0 Å². The molecule has 1 aliphatic carbocycles. The minimum atomic E-state index is -2.99. The van der Waals surface area contributed by atoms with Crippen molar-refractivity contribution >= 4 is 9.84 Å². The number of fused-ring (bicyclic) bond motifs is 1. The number of hydrogen-bond donors (Lipinski definition) is 1. The van der Waals surface area contributed by atoms with Gasteiger partial charge in [0, 0.05) is 17.6 Å². The molecule has 3 rings (SSSR count). The molecule has 5 heteroatoms. The Kier molecular flexibility index (Phi) is 2.95. The third-order valence-electron chi connectivity index (χ3n) is 3.54. The molecular formula is C13H16N2O2S. The smallest absolute Gasteiger partial charge is 0.173 e. The van der Waals surface area contributed by atoms with Crippen molar-refractivity contribution in [3.63, 3.8) is 0 Å². The molecule has 0 amide bonds. The first-order valence-corrected chi connectivity index (χ1v) is 7.96. The van der Waals surface area contributed by atoms with Gasteiger partial charge in [-0.2, -0.15) is 0 Å². The maximum atomic E-state index is 11.4. The molecule has 1 N–H and O–H groups in total. The quantitative estimate of drug-likeness (QED) is 0.876. The summed E-state index contributed by atoms with van der Waals surface area (Å²) in [5.41, 5.74) is 2.37. The Morgan fingerprint density at radius 3 is 3.06 bits per heavy atom. The molecule has 0 aromatic carbocycles. The predicted octanol–water partition coefficient (Wildman–Crippen LogP) is 1.36. The van der Waals surface area contributed by atoms with Crippen molar-refractivity contribution in [2.24, 2.45) is 0 Å². The second-order valence-corrected chi connectivity index (χ2v) is 6.86. The summed E-state index contributed by atoms with van der Waals surface area (Å²) in [6.07, 6.45) is 6.76. The van der Waals surface area contributed by atoms with Crippen molar-refractivity contribution in [1.82, 2.24) is 10.3 Å². The molecule has 1 aliphatic heterocycles. The highest BCUT2D eigenvalue weighted by atomic mass is 32.2.